The van der Waals surface area contributed by atoms with Crippen molar-refractivity contribution in [2.45, 2.75) is 153 Å². The van der Waals surface area contributed by atoms with Crippen molar-refractivity contribution in [2.24, 2.45) is 0 Å². The third kappa shape index (κ3) is 14.5. The SMILES string of the molecule is C[C@H](NP(=O)(OC[C@H]1S[C@@H](n2ccc(N(C(=O)OC(C)(C)C)C(=O)OC(C)(C)C)nc2=O)[C@@H](F)[C@@H]1OC(=O)OC(C)(C)C)Oc1ccccc1)C(=O)OC1CCCCC1. The molecule has 4 rings (SSSR count). The number of hydrogen-bond donors (Lipinski definition) is 1. The Labute approximate surface area is 347 Å². The summed E-state index contributed by atoms with van der Waals surface area (Å²) < 4.78 is 70.7. The van der Waals surface area contributed by atoms with Crippen LogP contribution in [-0.2, 0) is 37.6 Å². The normalized spacial score (nSPS) is 21.7. The van der Waals surface area contributed by atoms with Gasteiger partial charge in [-0.25, -0.2) is 28.1 Å². The first-order valence-electron chi connectivity index (χ1n) is 19.3. The molecule has 17 nitrogen and oxygen atoms in total. The Morgan fingerprint density at radius 3 is 2.02 bits per heavy atom. The summed E-state index contributed by atoms with van der Waals surface area (Å²) in [6, 6.07) is 7.97. The van der Waals surface area contributed by atoms with E-state index in [4.69, 9.17) is 32.7 Å². The summed E-state index contributed by atoms with van der Waals surface area (Å²) >= 11 is 0.789. The topological polar surface area (TPSA) is 200 Å². The lowest BCUT2D eigenvalue weighted by Gasteiger charge is -2.28. The van der Waals surface area contributed by atoms with Gasteiger partial charge in [0.25, 0.3) is 0 Å². The molecule has 2 aliphatic rings. The van der Waals surface area contributed by atoms with Gasteiger partial charge in [0.05, 0.1) is 11.9 Å². The Kier molecular flexibility index (Phi) is 15.7. The predicted octanol–water partition coefficient (Wildman–Crippen LogP) is 8.25. The number of hydrogen-bond acceptors (Lipinski definition) is 15. The molecule has 20 heteroatoms. The zero-order chi connectivity index (χ0) is 43.9. The monoisotopic (exact) mass is 870 g/mol. The number of anilines is 1. The number of alkyl halides is 1. The maximum absolute atomic E-state index is 16.6. The van der Waals surface area contributed by atoms with Gasteiger partial charge in [-0.3, -0.25) is 13.9 Å². The second-order valence-corrected chi connectivity index (χ2v) is 20.1. The molecule has 0 spiro atoms. The summed E-state index contributed by atoms with van der Waals surface area (Å²) in [7, 11) is -4.47. The van der Waals surface area contributed by atoms with E-state index in [1.54, 1.807) is 80.5 Å². The number of esters is 1. The van der Waals surface area contributed by atoms with E-state index in [-0.39, 0.29) is 11.9 Å². The Bertz CT molecular complexity index is 1870. The van der Waals surface area contributed by atoms with Gasteiger partial charge in [-0.1, -0.05) is 24.6 Å². The van der Waals surface area contributed by atoms with Crippen molar-refractivity contribution in [1.29, 1.82) is 0 Å². The number of benzene rings is 1. The van der Waals surface area contributed by atoms with Gasteiger partial charge in [0.1, 0.15) is 40.1 Å². The van der Waals surface area contributed by atoms with Crippen LogP contribution in [0.4, 0.5) is 24.6 Å². The smallest absolute Gasteiger partial charge is 0.461 e. The zero-order valence-corrected chi connectivity index (χ0v) is 36.8. The quantitative estimate of drug-likeness (QED) is 0.121. The first-order valence-corrected chi connectivity index (χ1v) is 21.8. The number of amides is 2. The van der Waals surface area contributed by atoms with Crippen LogP contribution in [0.3, 0.4) is 0 Å². The van der Waals surface area contributed by atoms with Crippen LogP contribution in [0.5, 0.6) is 5.75 Å². The van der Waals surface area contributed by atoms with E-state index in [0.29, 0.717) is 17.7 Å². The summed E-state index contributed by atoms with van der Waals surface area (Å²) in [4.78, 5) is 70.4. The van der Waals surface area contributed by atoms with Crippen LogP contribution in [-0.4, -0.2) is 86.9 Å². The molecule has 0 radical (unpaired) electrons. The van der Waals surface area contributed by atoms with Crippen LogP contribution in [0, 0.1) is 0 Å². The molecule has 328 valence electrons. The lowest BCUT2D eigenvalue weighted by Crippen LogP contribution is -2.45. The van der Waals surface area contributed by atoms with Gasteiger partial charge in [-0.05, 0) is 113 Å². The Hall–Kier alpha value is -4.19. The minimum Gasteiger partial charge on any atom is -0.461 e. The molecule has 1 saturated heterocycles. The van der Waals surface area contributed by atoms with Crippen molar-refractivity contribution in [3.8, 4) is 5.75 Å². The molecular weight excluding hydrogens is 814 g/mol. The molecule has 2 heterocycles. The highest BCUT2D eigenvalue weighted by atomic mass is 32.2. The van der Waals surface area contributed by atoms with E-state index in [2.05, 4.69) is 10.1 Å². The van der Waals surface area contributed by atoms with E-state index in [1.807, 2.05) is 0 Å². The van der Waals surface area contributed by atoms with Crippen LogP contribution in [0.15, 0.2) is 47.4 Å². The molecule has 1 unspecified atom stereocenters. The van der Waals surface area contributed by atoms with Crippen molar-refractivity contribution in [2.75, 3.05) is 11.5 Å². The number of carbonyl (C=O) groups is 4. The fraction of sp³-hybridized carbons (Fsp3) is 0.641. The van der Waals surface area contributed by atoms with Crippen LogP contribution in [0.25, 0.3) is 0 Å². The predicted molar refractivity (Wildman–Crippen MR) is 216 cm³/mol. The lowest BCUT2D eigenvalue weighted by molar-refractivity contribution is -0.152. The molecule has 1 saturated carbocycles. The number of nitrogens with one attached hydrogen (secondary N) is 1. The van der Waals surface area contributed by atoms with E-state index in [1.165, 1.54) is 19.1 Å². The first kappa shape index (κ1) is 47.5. The van der Waals surface area contributed by atoms with Gasteiger partial charge in [-0.15, -0.1) is 11.8 Å². The molecule has 59 heavy (non-hydrogen) atoms. The van der Waals surface area contributed by atoms with Gasteiger partial charge in [-0.2, -0.15) is 15.0 Å². The minimum atomic E-state index is -4.47. The van der Waals surface area contributed by atoms with Crippen molar-refractivity contribution in [3.05, 3.63) is 53.1 Å². The highest BCUT2D eigenvalue weighted by Crippen LogP contribution is 2.50. The number of carbonyl (C=O) groups excluding carboxylic acids is 4. The summed E-state index contributed by atoms with van der Waals surface area (Å²) in [5, 5.41) is 0.0279. The van der Waals surface area contributed by atoms with E-state index in [9.17, 15) is 28.5 Å². The fourth-order valence-electron chi connectivity index (χ4n) is 5.80. The van der Waals surface area contributed by atoms with E-state index >= 15 is 4.39 Å². The second-order valence-electron chi connectivity index (χ2n) is 17.1. The van der Waals surface area contributed by atoms with E-state index < -0.39 is 95.9 Å². The number of halogens is 1. The Balaban J connectivity index is 1.64. The highest BCUT2D eigenvalue weighted by molar-refractivity contribution is 8.00. The molecule has 2 aromatic rings. The number of nitrogens with zero attached hydrogens (tertiary/aromatic N) is 3. The van der Waals surface area contributed by atoms with Crippen molar-refractivity contribution < 1.29 is 60.9 Å². The lowest BCUT2D eigenvalue weighted by atomic mass is 9.98. The zero-order valence-electron chi connectivity index (χ0n) is 35.1. The number of imide groups is 1. The fourth-order valence-corrected chi connectivity index (χ4v) is 8.88. The number of thioether (sulfide) groups is 1. The average Bonchev–Trinajstić information content (AvgIpc) is 3.39. The summed E-state index contributed by atoms with van der Waals surface area (Å²) in [6.07, 6.45) is -2.20. The van der Waals surface area contributed by atoms with Gasteiger partial charge in [0.15, 0.2) is 18.1 Å². The van der Waals surface area contributed by atoms with Crippen molar-refractivity contribution in [1.82, 2.24) is 14.6 Å². The third-order valence-electron chi connectivity index (χ3n) is 8.28. The van der Waals surface area contributed by atoms with Crippen LogP contribution < -0.4 is 20.2 Å². The average molecular weight is 871 g/mol. The second kappa shape index (κ2) is 19.5. The summed E-state index contributed by atoms with van der Waals surface area (Å²) in [5.41, 5.74) is -4.20. The summed E-state index contributed by atoms with van der Waals surface area (Å²) in [5.74, 6) is -1.01. The molecule has 1 aromatic carbocycles. The number of para-hydroxylation sites is 1. The molecule has 1 aliphatic carbocycles. The van der Waals surface area contributed by atoms with Gasteiger partial charge in [0, 0.05) is 6.20 Å². The van der Waals surface area contributed by atoms with Crippen LogP contribution in [0.1, 0.15) is 107 Å². The Morgan fingerprint density at radius 2 is 1.47 bits per heavy atom. The maximum atomic E-state index is 16.6. The van der Waals surface area contributed by atoms with Crippen molar-refractivity contribution in [3.63, 3.8) is 0 Å². The standard InChI is InChI=1S/C39H56FN4O13PS/c1-24(32(45)52-25-17-13-11-14-18-25)42-58(50,57-26-19-15-12-16-20-26)51-23-27-30(53-36(49)56-39(8,9)10)29(40)31(59-27)43-22-21-28(41-33(43)46)44(34(47)54-37(2,3)4)35(48)55-38(5,6)7/h12,15-16,19-22,24-25,27,29-31H,11,13-14,17-18,23H2,1-10H3,(H,42,50)/t24-,27+,29-,30+,31+,58?/m0/s1. The molecular formula is C39H56FN4O13PS. The third-order valence-corrected chi connectivity index (χ3v) is 11.4. The molecule has 2 amide bonds. The number of aromatic nitrogens is 2. The molecule has 6 atom stereocenters. The molecule has 1 aromatic heterocycles. The van der Waals surface area contributed by atoms with Gasteiger partial charge in [0.2, 0.25) is 0 Å². The van der Waals surface area contributed by atoms with Crippen LogP contribution >= 0.6 is 19.5 Å². The number of rotatable bonds is 12. The highest BCUT2D eigenvalue weighted by Gasteiger charge is 2.50. The van der Waals surface area contributed by atoms with E-state index in [0.717, 1.165) is 47.9 Å². The minimum absolute atomic E-state index is 0.127. The van der Waals surface area contributed by atoms with Crippen LogP contribution in [0.2, 0.25) is 0 Å². The Morgan fingerprint density at radius 1 is 0.898 bits per heavy atom. The molecule has 1 N–H and O–H groups in total. The largest absolute Gasteiger partial charge is 0.509 e. The molecule has 0 bridgehead atoms. The summed E-state index contributed by atoms with van der Waals surface area (Å²) in [6.45, 7) is 15.1. The first-order chi connectivity index (χ1) is 27.3. The molecule has 1 aliphatic heterocycles. The number of ether oxygens (including phenoxy) is 5. The van der Waals surface area contributed by atoms with Gasteiger partial charge < -0.3 is 28.2 Å². The van der Waals surface area contributed by atoms with Crippen molar-refractivity contribution >= 4 is 49.6 Å². The molecule has 2 fully saturated rings. The maximum Gasteiger partial charge on any atom is 0.509 e. The van der Waals surface area contributed by atoms with Gasteiger partial charge >= 0.3 is 37.7 Å².